The van der Waals surface area contributed by atoms with Crippen LogP contribution in [0.1, 0.15) is 37.1 Å². The number of rotatable bonds is 3. The Hall–Kier alpha value is -0.274. The molecule has 6 heteroatoms. The van der Waals surface area contributed by atoms with Crippen molar-refractivity contribution in [3.63, 3.8) is 0 Å². The summed E-state index contributed by atoms with van der Waals surface area (Å²) < 4.78 is 0. The minimum Gasteiger partial charge on any atom is -1.00 e. The van der Waals surface area contributed by atoms with Crippen LogP contribution in [-0.2, 0) is 0 Å². The number of benzene rings is 1. The molecule has 1 N–H and O–H groups in total. The normalized spacial score (nSPS) is 9.69. The Balaban J connectivity index is 0. The SMILES string of the molecule is CC(C)c1ccc(C(=O)O)c([N+](=O)[O-])c1.[H-].[K+]. The van der Waals surface area contributed by atoms with Crippen LogP contribution in [0, 0.1) is 10.1 Å². The molecule has 0 unspecified atom stereocenters. The predicted molar refractivity (Wildman–Crippen MR) is 55.3 cm³/mol. The van der Waals surface area contributed by atoms with Crippen molar-refractivity contribution in [2.45, 2.75) is 19.8 Å². The van der Waals surface area contributed by atoms with E-state index in [4.69, 9.17) is 5.11 Å². The summed E-state index contributed by atoms with van der Waals surface area (Å²) in [5, 5.41) is 19.4. The number of aromatic carboxylic acids is 1. The molecule has 0 spiro atoms. The predicted octanol–water partition coefficient (Wildman–Crippen LogP) is -0.467. The van der Waals surface area contributed by atoms with Gasteiger partial charge < -0.3 is 6.53 Å². The summed E-state index contributed by atoms with van der Waals surface area (Å²) in [5.74, 6) is -1.15. The van der Waals surface area contributed by atoms with Crippen molar-refractivity contribution < 1.29 is 67.6 Å². The molecule has 1 aromatic rings. The van der Waals surface area contributed by atoms with Gasteiger partial charge in [-0.15, -0.1) is 0 Å². The maximum absolute atomic E-state index is 10.7. The molecule has 0 aliphatic carbocycles. The molecule has 0 fully saturated rings. The number of carbonyl (C=O) groups is 1. The van der Waals surface area contributed by atoms with E-state index >= 15 is 0 Å². The Morgan fingerprint density at radius 2 is 2.06 bits per heavy atom. The van der Waals surface area contributed by atoms with Gasteiger partial charge in [0.1, 0.15) is 5.56 Å². The van der Waals surface area contributed by atoms with Crippen molar-refractivity contribution in [1.82, 2.24) is 0 Å². The number of hydrogen-bond donors (Lipinski definition) is 1. The fourth-order valence-corrected chi connectivity index (χ4v) is 1.24. The summed E-state index contributed by atoms with van der Waals surface area (Å²) >= 11 is 0. The fraction of sp³-hybridized carbons (Fsp3) is 0.300. The Morgan fingerprint density at radius 1 is 1.50 bits per heavy atom. The second-order valence-corrected chi connectivity index (χ2v) is 3.49. The van der Waals surface area contributed by atoms with Crippen molar-refractivity contribution >= 4 is 11.7 Å². The quantitative estimate of drug-likeness (QED) is 0.446. The first-order valence-corrected chi connectivity index (χ1v) is 4.45. The van der Waals surface area contributed by atoms with E-state index in [1.165, 1.54) is 12.1 Å². The van der Waals surface area contributed by atoms with Gasteiger partial charge in [-0.3, -0.25) is 10.1 Å². The Labute approximate surface area is 137 Å². The van der Waals surface area contributed by atoms with Gasteiger partial charge in [0.2, 0.25) is 0 Å². The van der Waals surface area contributed by atoms with Crippen LogP contribution in [-0.4, -0.2) is 16.0 Å². The number of nitro groups is 1. The van der Waals surface area contributed by atoms with E-state index in [0.29, 0.717) is 0 Å². The standard InChI is InChI=1S/C10H11NO4.K.H/c1-6(2)7-3-4-8(10(12)13)9(5-7)11(14)15;;/h3-6H,1-2H3,(H,12,13);;/q;+1;-1. The molecule has 0 bridgehead atoms. The molecule has 16 heavy (non-hydrogen) atoms. The zero-order chi connectivity index (χ0) is 11.6. The first-order chi connectivity index (χ1) is 6.93. The first kappa shape index (κ1) is 15.7. The van der Waals surface area contributed by atoms with Gasteiger partial charge in [-0.2, -0.15) is 0 Å². The molecule has 82 valence electrons. The zero-order valence-corrected chi connectivity index (χ0v) is 12.6. The van der Waals surface area contributed by atoms with Crippen LogP contribution in [0.3, 0.4) is 0 Å². The Bertz CT molecular complexity index is 423. The minimum atomic E-state index is -1.28. The monoisotopic (exact) mass is 249 g/mol. The maximum atomic E-state index is 10.7. The van der Waals surface area contributed by atoms with Crippen LogP contribution < -0.4 is 51.4 Å². The Morgan fingerprint density at radius 3 is 2.44 bits per heavy atom. The van der Waals surface area contributed by atoms with Gasteiger partial charge in [0.05, 0.1) is 4.92 Å². The van der Waals surface area contributed by atoms with Crippen LogP contribution >= 0.6 is 0 Å². The third kappa shape index (κ3) is 3.64. The van der Waals surface area contributed by atoms with E-state index in [1.54, 1.807) is 6.07 Å². The van der Waals surface area contributed by atoms with E-state index in [-0.39, 0.29) is 70.0 Å². The first-order valence-electron chi connectivity index (χ1n) is 4.45. The van der Waals surface area contributed by atoms with Crippen molar-refractivity contribution in [3.05, 3.63) is 39.4 Å². The molecule has 0 aromatic heterocycles. The molecule has 0 aliphatic rings. The molecule has 0 saturated heterocycles. The Kier molecular flexibility index (Phi) is 6.35. The van der Waals surface area contributed by atoms with Gasteiger partial charge >= 0.3 is 57.4 Å². The van der Waals surface area contributed by atoms with E-state index in [9.17, 15) is 14.9 Å². The molecule has 0 atom stereocenters. The number of hydrogen-bond acceptors (Lipinski definition) is 3. The third-order valence-electron chi connectivity index (χ3n) is 2.12. The van der Waals surface area contributed by atoms with Gasteiger partial charge in [0.25, 0.3) is 5.69 Å². The van der Waals surface area contributed by atoms with Crippen molar-refractivity contribution in [2.75, 3.05) is 0 Å². The van der Waals surface area contributed by atoms with Crippen LogP contribution in [0.25, 0.3) is 0 Å². The molecular formula is C10H12KNO4. The summed E-state index contributed by atoms with van der Waals surface area (Å²) in [5.41, 5.74) is 0.129. The van der Waals surface area contributed by atoms with E-state index < -0.39 is 10.9 Å². The van der Waals surface area contributed by atoms with Gasteiger partial charge in [0, 0.05) is 6.07 Å². The minimum absolute atomic E-state index is 0. The van der Waals surface area contributed by atoms with Crippen LogP contribution in [0.5, 0.6) is 0 Å². The summed E-state index contributed by atoms with van der Waals surface area (Å²) in [4.78, 5) is 20.7. The van der Waals surface area contributed by atoms with Crippen LogP contribution in [0.4, 0.5) is 5.69 Å². The summed E-state index contributed by atoms with van der Waals surface area (Å²) in [6.45, 7) is 3.78. The van der Waals surface area contributed by atoms with Gasteiger partial charge in [-0.05, 0) is 17.5 Å². The summed E-state index contributed by atoms with van der Waals surface area (Å²) in [6.07, 6.45) is 0. The number of nitrogens with zero attached hydrogens (tertiary/aromatic N) is 1. The molecule has 0 aliphatic heterocycles. The average molecular weight is 249 g/mol. The summed E-state index contributed by atoms with van der Waals surface area (Å²) in [6, 6.07) is 4.19. The number of nitro benzene ring substituents is 1. The molecule has 0 heterocycles. The second-order valence-electron chi connectivity index (χ2n) is 3.49. The van der Waals surface area contributed by atoms with E-state index in [0.717, 1.165) is 5.56 Å². The van der Waals surface area contributed by atoms with Crippen molar-refractivity contribution in [2.24, 2.45) is 0 Å². The van der Waals surface area contributed by atoms with Crippen LogP contribution in [0.15, 0.2) is 18.2 Å². The average Bonchev–Trinajstić information content (AvgIpc) is 2.16. The maximum Gasteiger partial charge on any atom is 1.00 e. The zero-order valence-electron chi connectivity index (χ0n) is 10.4. The van der Waals surface area contributed by atoms with Gasteiger partial charge in [-0.1, -0.05) is 19.9 Å². The molecule has 0 amide bonds. The molecule has 1 rings (SSSR count). The molecule has 1 aromatic carbocycles. The second kappa shape index (κ2) is 6.46. The smallest absolute Gasteiger partial charge is 1.00 e. The largest absolute Gasteiger partial charge is 1.00 e. The molecule has 0 radical (unpaired) electrons. The van der Waals surface area contributed by atoms with Crippen molar-refractivity contribution in [1.29, 1.82) is 0 Å². The topological polar surface area (TPSA) is 80.4 Å². The number of carboxylic acid groups (broad SMARTS) is 1. The number of carboxylic acids is 1. The van der Waals surface area contributed by atoms with Gasteiger partial charge in [-0.25, -0.2) is 4.79 Å². The van der Waals surface area contributed by atoms with Crippen molar-refractivity contribution in [3.8, 4) is 0 Å². The van der Waals surface area contributed by atoms with E-state index in [2.05, 4.69) is 0 Å². The summed E-state index contributed by atoms with van der Waals surface area (Å²) in [7, 11) is 0. The fourth-order valence-electron chi connectivity index (χ4n) is 1.24. The molecule has 5 nitrogen and oxygen atoms in total. The van der Waals surface area contributed by atoms with Crippen LogP contribution in [0.2, 0.25) is 0 Å². The van der Waals surface area contributed by atoms with E-state index in [1.807, 2.05) is 13.8 Å². The molecule has 0 saturated carbocycles. The van der Waals surface area contributed by atoms with Gasteiger partial charge in [0.15, 0.2) is 0 Å². The molecular weight excluding hydrogens is 237 g/mol. The third-order valence-corrected chi connectivity index (χ3v) is 2.12.